The summed E-state index contributed by atoms with van der Waals surface area (Å²) in [6, 6.07) is 3.40. The number of sulfonamides is 1. The molecule has 3 aliphatic rings. The number of nitrogens with zero attached hydrogens (tertiary/aromatic N) is 4. The fraction of sp³-hybridized carbons (Fsp3) is 0.423. The molecule has 2 aliphatic carbocycles. The lowest BCUT2D eigenvalue weighted by molar-refractivity contribution is -0.248. The molecule has 2 aromatic rings. The lowest BCUT2D eigenvalue weighted by Gasteiger charge is -2.52. The maximum Gasteiger partial charge on any atom is 0.259 e. The van der Waals surface area contributed by atoms with Gasteiger partial charge in [-0.2, -0.15) is 0 Å². The van der Waals surface area contributed by atoms with Gasteiger partial charge in [0.15, 0.2) is 5.79 Å². The second-order valence-corrected chi connectivity index (χ2v) is 11.6. The lowest BCUT2D eigenvalue weighted by atomic mass is 9.61. The average molecular weight is 570 g/mol. The number of ether oxygens (including phenoxy) is 3. The first-order valence-corrected chi connectivity index (χ1v) is 14.4. The number of pyridine rings is 1. The van der Waals surface area contributed by atoms with Crippen molar-refractivity contribution >= 4 is 27.7 Å². The van der Waals surface area contributed by atoms with Gasteiger partial charge in [0, 0.05) is 30.3 Å². The highest BCUT2D eigenvalue weighted by molar-refractivity contribution is 7.91. The van der Waals surface area contributed by atoms with Gasteiger partial charge in [-0.3, -0.25) is 9.78 Å². The van der Waals surface area contributed by atoms with Gasteiger partial charge in [-0.25, -0.2) is 18.4 Å². The van der Waals surface area contributed by atoms with Crippen LogP contribution in [0.3, 0.4) is 0 Å². The fourth-order valence-electron chi connectivity index (χ4n) is 4.78. The molecule has 3 fully saturated rings. The molecular formula is C26H31N7O6S. The van der Waals surface area contributed by atoms with Crippen LogP contribution in [0.1, 0.15) is 32.6 Å². The predicted octanol–water partition coefficient (Wildman–Crippen LogP) is 1.87. The molecule has 2 aromatic heterocycles. The minimum Gasteiger partial charge on any atom is -0.477 e. The Hall–Kier alpha value is -3.88. The second-order valence-electron chi connectivity index (χ2n) is 9.74. The van der Waals surface area contributed by atoms with E-state index in [1.165, 1.54) is 12.3 Å². The Kier molecular flexibility index (Phi) is 7.57. The molecule has 5 rings (SSSR count). The molecule has 1 saturated heterocycles. The first-order valence-electron chi connectivity index (χ1n) is 12.9. The van der Waals surface area contributed by atoms with Crippen LogP contribution in [0.5, 0.6) is 5.88 Å². The zero-order valence-electron chi connectivity index (χ0n) is 22.0. The smallest absolute Gasteiger partial charge is 0.259 e. The lowest BCUT2D eigenvalue weighted by Crippen LogP contribution is -2.61. The van der Waals surface area contributed by atoms with Crippen LogP contribution in [-0.2, 0) is 24.3 Å². The van der Waals surface area contributed by atoms with Gasteiger partial charge in [-0.05, 0) is 38.0 Å². The number of hydrogen-bond acceptors (Lipinski definition) is 9. The Morgan fingerprint density at radius 1 is 1.25 bits per heavy atom. The van der Waals surface area contributed by atoms with E-state index in [0.717, 1.165) is 0 Å². The van der Waals surface area contributed by atoms with E-state index in [1.54, 1.807) is 30.6 Å². The topological polar surface area (TPSA) is 180 Å². The third-order valence-corrected chi connectivity index (χ3v) is 8.60. The quantitative estimate of drug-likeness (QED) is 0.216. The molecular weight excluding hydrogens is 538 g/mol. The van der Waals surface area contributed by atoms with Crippen molar-refractivity contribution in [3.63, 3.8) is 0 Å². The van der Waals surface area contributed by atoms with Gasteiger partial charge in [0.25, 0.3) is 10.0 Å². The van der Waals surface area contributed by atoms with Crippen LogP contribution in [-0.4, -0.2) is 66.1 Å². The van der Waals surface area contributed by atoms with E-state index in [-0.39, 0.29) is 18.8 Å². The van der Waals surface area contributed by atoms with Gasteiger partial charge in [0.1, 0.15) is 5.82 Å². The average Bonchev–Trinajstić information content (AvgIpc) is 3.66. The fourth-order valence-corrected chi connectivity index (χ4v) is 5.98. The summed E-state index contributed by atoms with van der Waals surface area (Å²) < 4.78 is 45.4. The normalized spacial score (nSPS) is 20.0. The maximum absolute atomic E-state index is 13.8. The molecule has 1 spiro atoms. The third-order valence-electron chi connectivity index (χ3n) is 6.83. The third kappa shape index (κ3) is 5.69. The van der Waals surface area contributed by atoms with E-state index < -0.39 is 32.4 Å². The molecule has 2 saturated carbocycles. The molecule has 0 unspecified atom stereocenters. The first kappa shape index (κ1) is 27.7. The number of nitrogens with two attached hydrogens (primary N) is 1. The second kappa shape index (κ2) is 10.9. The Morgan fingerprint density at radius 3 is 2.62 bits per heavy atom. The molecule has 0 bridgehead atoms. The summed E-state index contributed by atoms with van der Waals surface area (Å²) in [5.41, 5.74) is 6.35. The van der Waals surface area contributed by atoms with Crippen molar-refractivity contribution in [3.05, 3.63) is 55.2 Å². The van der Waals surface area contributed by atoms with Crippen LogP contribution < -0.4 is 21.1 Å². The zero-order valence-corrected chi connectivity index (χ0v) is 22.8. The zero-order chi connectivity index (χ0) is 28.4. The number of guanidine groups is 1. The number of carbonyl (C=O) groups is 1. The van der Waals surface area contributed by atoms with Gasteiger partial charge in [0.2, 0.25) is 17.7 Å². The van der Waals surface area contributed by atoms with Crippen molar-refractivity contribution in [2.75, 3.05) is 25.1 Å². The maximum atomic E-state index is 13.8. The summed E-state index contributed by atoms with van der Waals surface area (Å²) >= 11 is 0. The molecule has 212 valence electrons. The van der Waals surface area contributed by atoms with Gasteiger partial charge in [-0.1, -0.05) is 12.7 Å². The van der Waals surface area contributed by atoms with Crippen molar-refractivity contribution in [2.45, 2.75) is 43.6 Å². The van der Waals surface area contributed by atoms with Gasteiger partial charge >= 0.3 is 0 Å². The highest BCUT2D eigenvalue weighted by Gasteiger charge is 2.64. The Morgan fingerprint density at radius 2 is 2.00 bits per heavy atom. The highest BCUT2D eigenvalue weighted by atomic mass is 32.2. The number of allylic oxidation sites excluding steroid dienone is 2. The molecule has 0 radical (unpaired) electrons. The molecule has 0 atom stereocenters. The number of hydrogen-bond donors (Lipinski definition) is 3. The number of amides is 1. The molecule has 14 heteroatoms. The first-order chi connectivity index (χ1) is 19.2. The van der Waals surface area contributed by atoms with Gasteiger partial charge in [-0.15, -0.1) is 4.40 Å². The molecule has 13 nitrogen and oxygen atoms in total. The van der Waals surface area contributed by atoms with Crippen LogP contribution >= 0.6 is 0 Å². The standard InChI is InChI=1S/C26H31N7O6S/c1-3-5-20(31-24(27)33-40(35,36)18-7-8-18)25(15-26(16-25)38-10-11-39-26)23(34)32-21-9-6-17(12-29-21)19-13-28-14-22(30-19)37-4-2/h3,5-6,9,12-14,18H,1,4,7-8,10-11,15-16H2,2H3,(H3,27,31,33)(H,29,32,34)/b20-5-. The minimum atomic E-state index is -3.74. The summed E-state index contributed by atoms with van der Waals surface area (Å²) in [4.78, 5) is 26.7. The van der Waals surface area contributed by atoms with Crippen LogP contribution in [0.25, 0.3) is 11.3 Å². The van der Waals surface area contributed by atoms with E-state index >= 15 is 0 Å². The van der Waals surface area contributed by atoms with Crippen molar-refractivity contribution in [1.29, 1.82) is 0 Å². The summed E-state index contributed by atoms with van der Waals surface area (Å²) in [6.07, 6.45) is 9.16. The summed E-state index contributed by atoms with van der Waals surface area (Å²) in [5.74, 6) is -0.968. The van der Waals surface area contributed by atoms with Crippen LogP contribution in [0, 0.1) is 5.41 Å². The van der Waals surface area contributed by atoms with Crippen LogP contribution in [0.15, 0.2) is 59.5 Å². The van der Waals surface area contributed by atoms with Gasteiger partial charge < -0.3 is 30.6 Å². The van der Waals surface area contributed by atoms with Crippen molar-refractivity contribution in [2.24, 2.45) is 15.5 Å². The van der Waals surface area contributed by atoms with Crippen LogP contribution in [0.4, 0.5) is 5.82 Å². The summed E-state index contributed by atoms with van der Waals surface area (Å²) in [6.45, 7) is 6.88. The van der Waals surface area contributed by atoms with E-state index in [4.69, 9.17) is 19.9 Å². The molecule has 1 amide bonds. The van der Waals surface area contributed by atoms with E-state index in [2.05, 4.69) is 36.6 Å². The molecule has 4 N–H and O–H groups in total. The van der Waals surface area contributed by atoms with Crippen molar-refractivity contribution < 1.29 is 27.4 Å². The summed E-state index contributed by atoms with van der Waals surface area (Å²) in [5, 5.41) is 5.17. The Balaban J connectivity index is 1.38. The van der Waals surface area contributed by atoms with Crippen LogP contribution in [0.2, 0.25) is 0 Å². The van der Waals surface area contributed by atoms with Gasteiger partial charge in [0.05, 0.1) is 48.6 Å². The predicted molar refractivity (Wildman–Crippen MR) is 146 cm³/mol. The monoisotopic (exact) mass is 569 g/mol. The summed E-state index contributed by atoms with van der Waals surface area (Å²) in [7, 11) is -3.74. The Bertz CT molecular complexity index is 1440. The number of nitrogens with one attached hydrogen (secondary N) is 2. The minimum absolute atomic E-state index is 0.166. The molecule has 3 heterocycles. The number of rotatable bonds is 10. The van der Waals surface area contributed by atoms with E-state index in [1.807, 2.05) is 6.92 Å². The molecule has 40 heavy (non-hydrogen) atoms. The van der Waals surface area contributed by atoms with E-state index in [0.29, 0.717) is 61.3 Å². The number of carbonyl (C=O) groups excluding carboxylic acids is 1. The number of aromatic nitrogens is 3. The molecule has 0 aromatic carbocycles. The van der Waals surface area contributed by atoms with Crippen molar-refractivity contribution in [3.8, 4) is 17.1 Å². The SMILES string of the molecule is C=C/C=C(\NC(N)=NS(=O)(=O)C1CC1)C1(C(=O)Nc2ccc(-c3cncc(OCC)n3)cn2)CC2(C1)OCCO2. The molecule has 1 aliphatic heterocycles. The number of anilines is 1. The highest BCUT2D eigenvalue weighted by Crippen LogP contribution is 2.56. The Labute approximate surface area is 232 Å². The van der Waals surface area contributed by atoms with E-state index in [9.17, 15) is 13.2 Å². The largest absolute Gasteiger partial charge is 0.477 e. The van der Waals surface area contributed by atoms with Crippen molar-refractivity contribution in [1.82, 2.24) is 20.3 Å².